The number of ether oxygens (including phenoxy) is 2. The van der Waals surface area contributed by atoms with E-state index >= 15 is 0 Å². The Hall–Kier alpha value is -2.28. The molecule has 0 aliphatic rings. The molecule has 1 heterocycles. The van der Waals surface area contributed by atoms with Crippen LogP contribution in [0.5, 0.6) is 11.5 Å². The predicted molar refractivity (Wildman–Crippen MR) is 105 cm³/mol. The van der Waals surface area contributed by atoms with E-state index in [2.05, 4.69) is 10.3 Å². The van der Waals surface area contributed by atoms with Crippen molar-refractivity contribution in [2.24, 2.45) is 0 Å². The third-order valence-corrected chi connectivity index (χ3v) is 4.66. The number of hydrogen-bond donors (Lipinski definition) is 1. The summed E-state index contributed by atoms with van der Waals surface area (Å²) >= 11 is 13.2. The molecule has 5 nitrogen and oxygen atoms in total. The van der Waals surface area contributed by atoms with Crippen molar-refractivity contribution in [2.45, 2.75) is 0 Å². The van der Waals surface area contributed by atoms with E-state index in [1.54, 1.807) is 25.3 Å². The normalized spacial score (nSPS) is 10.4. The highest BCUT2D eigenvalue weighted by atomic mass is 35.5. The first-order valence-electron chi connectivity index (χ1n) is 7.53. The first-order valence-corrected chi connectivity index (χ1v) is 9.16. The van der Waals surface area contributed by atoms with Crippen molar-refractivity contribution >= 4 is 45.6 Å². The minimum absolute atomic E-state index is 0.185. The van der Waals surface area contributed by atoms with E-state index in [1.807, 2.05) is 29.6 Å². The molecule has 0 aliphatic carbocycles. The largest absolute Gasteiger partial charge is 0.497 e. The summed E-state index contributed by atoms with van der Waals surface area (Å²) in [6.45, 7) is -0.185. The van der Waals surface area contributed by atoms with Gasteiger partial charge in [-0.2, -0.15) is 0 Å². The van der Waals surface area contributed by atoms with Crippen LogP contribution in [-0.2, 0) is 4.79 Å². The van der Waals surface area contributed by atoms with Crippen LogP contribution in [0.25, 0.3) is 11.3 Å². The summed E-state index contributed by atoms with van der Waals surface area (Å²) < 4.78 is 10.6. The molecule has 0 bridgehead atoms. The lowest BCUT2D eigenvalue weighted by molar-refractivity contribution is -0.118. The maximum absolute atomic E-state index is 12.1. The van der Waals surface area contributed by atoms with E-state index < -0.39 is 0 Å². The Morgan fingerprint density at radius 3 is 2.85 bits per heavy atom. The van der Waals surface area contributed by atoms with Gasteiger partial charge in [-0.25, -0.2) is 4.98 Å². The number of amides is 1. The van der Waals surface area contributed by atoms with Gasteiger partial charge in [-0.3, -0.25) is 10.1 Å². The first-order chi connectivity index (χ1) is 12.5. The summed E-state index contributed by atoms with van der Waals surface area (Å²) in [6.07, 6.45) is 0. The quantitative estimate of drug-likeness (QED) is 0.612. The Balaban J connectivity index is 1.60. The van der Waals surface area contributed by atoms with Gasteiger partial charge in [0.05, 0.1) is 17.8 Å². The summed E-state index contributed by atoms with van der Waals surface area (Å²) in [5.74, 6) is 0.805. The number of carbonyl (C=O) groups excluding carboxylic acids is 1. The molecule has 0 fully saturated rings. The van der Waals surface area contributed by atoms with Gasteiger partial charge >= 0.3 is 0 Å². The molecular formula is C18H14Cl2N2O3S. The van der Waals surface area contributed by atoms with Crippen molar-refractivity contribution in [3.8, 4) is 22.8 Å². The molecule has 0 saturated carbocycles. The van der Waals surface area contributed by atoms with Crippen LogP contribution in [0.4, 0.5) is 5.13 Å². The zero-order valence-electron chi connectivity index (χ0n) is 13.7. The molecule has 0 aliphatic heterocycles. The van der Waals surface area contributed by atoms with Crippen LogP contribution in [0.1, 0.15) is 0 Å². The lowest BCUT2D eigenvalue weighted by Crippen LogP contribution is -2.20. The van der Waals surface area contributed by atoms with E-state index in [4.69, 9.17) is 32.7 Å². The highest BCUT2D eigenvalue weighted by molar-refractivity contribution is 7.14. The number of carbonyl (C=O) groups is 1. The number of nitrogens with one attached hydrogen (secondary N) is 1. The number of rotatable bonds is 6. The second-order valence-electron chi connectivity index (χ2n) is 5.18. The lowest BCUT2D eigenvalue weighted by atomic mass is 10.2. The summed E-state index contributed by atoms with van der Waals surface area (Å²) in [6, 6.07) is 12.4. The van der Waals surface area contributed by atoms with E-state index in [-0.39, 0.29) is 12.5 Å². The Labute approximate surface area is 164 Å². The van der Waals surface area contributed by atoms with Crippen LogP contribution in [0, 0.1) is 0 Å². The molecule has 0 radical (unpaired) electrons. The topological polar surface area (TPSA) is 60.5 Å². The van der Waals surface area contributed by atoms with Crippen LogP contribution in [0.3, 0.4) is 0 Å². The van der Waals surface area contributed by atoms with Gasteiger partial charge in [0.1, 0.15) is 11.5 Å². The highest BCUT2D eigenvalue weighted by Gasteiger charge is 2.10. The summed E-state index contributed by atoms with van der Waals surface area (Å²) in [5, 5.41) is 5.90. The van der Waals surface area contributed by atoms with Crippen molar-refractivity contribution in [3.63, 3.8) is 0 Å². The SMILES string of the molecule is COc1cccc(-c2csc(NC(=O)COc3ccc(Cl)cc3Cl)n2)c1. The van der Waals surface area contributed by atoms with E-state index in [0.29, 0.717) is 20.9 Å². The van der Waals surface area contributed by atoms with Crippen molar-refractivity contribution in [1.29, 1.82) is 0 Å². The minimum Gasteiger partial charge on any atom is -0.497 e. The zero-order valence-corrected chi connectivity index (χ0v) is 16.0. The fourth-order valence-electron chi connectivity index (χ4n) is 2.14. The van der Waals surface area contributed by atoms with Gasteiger partial charge in [0.2, 0.25) is 0 Å². The third kappa shape index (κ3) is 4.66. The second-order valence-corrected chi connectivity index (χ2v) is 6.88. The number of nitrogens with zero attached hydrogens (tertiary/aromatic N) is 1. The number of halogens is 2. The molecule has 3 rings (SSSR count). The molecule has 1 amide bonds. The van der Waals surface area contributed by atoms with E-state index in [1.165, 1.54) is 11.3 Å². The number of methoxy groups -OCH3 is 1. The van der Waals surface area contributed by atoms with Gasteiger partial charge in [0.15, 0.2) is 11.7 Å². The summed E-state index contributed by atoms with van der Waals surface area (Å²) in [7, 11) is 1.61. The van der Waals surface area contributed by atoms with Crippen LogP contribution < -0.4 is 14.8 Å². The summed E-state index contributed by atoms with van der Waals surface area (Å²) in [4.78, 5) is 16.5. The van der Waals surface area contributed by atoms with Gasteiger partial charge in [-0.1, -0.05) is 35.3 Å². The standard InChI is InChI=1S/C18H14Cl2N2O3S/c1-24-13-4-2-3-11(7-13)15-10-26-18(21-15)22-17(23)9-25-16-6-5-12(19)8-14(16)20/h2-8,10H,9H2,1H3,(H,21,22,23). The fraction of sp³-hybridized carbons (Fsp3) is 0.111. The van der Waals surface area contributed by atoms with Gasteiger partial charge < -0.3 is 9.47 Å². The molecule has 8 heteroatoms. The van der Waals surface area contributed by atoms with E-state index in [9.17, 15) is 4.79 Å². The average Bonchev–Trinajstić information content (AvgIpc) is 3.09. The molecule has 134 valence electrons. The van der Waals surface area contributed by atoms with Crippen molar-refractivity contribution < 1.29 is 14.3 Å². The number of thiazole rings is 1. The number of aromatic nitrogens is 1. The number of hydrogen-bond acceptors (Lipinski definition) is 5. The molecule has 2 aromatic carbocycles. The van der Waals surface area contributed by atoms with Crippen molar-refractivity contribution in [1.82, 2.24) is 4.98 Å². The second kappa shape index (κ2) is 8.40. The van der Waals surface area contributed by atoms with Crippen molar-refractivity contribution in [3.05, 3.63) is 57.9 Å². The zero-order chi connectivity index (χ0) is 18.5. The van der Waals surface area contributed by atoms with E-state index in [0.717, 1.165) is 17.0 Å². The van der Waals surface area contributed by atoms with Crippen molar-refractivity contribution in [2.75, 3.05) is 19.0 Å². The Kier molecular flexibility index (Phi) is 5.98. The van der Waals surface area contributed by atoms with Gasteiger partial charge in [-0.05, 0) is 30.3 Å². The Morgan fingerprint density at radius 1 is 1.23 bits per heavy atom. The van der Waals surface area contributed by atoms with Crippen LogP contribution in [0.15, 0.2) is 47.8 Å². The Morgan fingerprint density at radius 2 is 2.08 bits per heavy atom. The molecular weight excluding hydrogens is 395 g/mol. The third-order valence-electron chi connectivity index (χ3n) is 3.37. The average molecular weight is 409 g/mol. The maximum atomic E-state index is 12.1. The van der Waals surface area contributed by atoms with Gasteiger partial charge in [0.25, 0.3) is 5.91 Å². The molecule has 0 spiro atoms. The van der Waals surface area contributed by atoms with Gasteiger partial charge in [0, 0.05) is 16.0 Å². The molecule has 26 heavy (non-hydrogen) atoms. The first kappa shape index (κ1) is 18.5. The maximum Gasteiger partial charge on any atom is 0.264 e. The molecule has 0 saturated heterocycles. The number of benzene rings is 2. The van der Waals surface area contributed by atoms with Crippen LogP contribution in [-0.4, -0.2) is 24.6 Å². The molecule has 3 aromatic rings. The fourth-order valence-corrected chi connectivity index (χ4v) is 3.34. The monoisotopic (exact) mass is 408 g/mol. The molecule has 1 N–H and O–H groups in total. The van der Waals surface area contributed by atoms with Crippen LogP contribution in [0.2, 0.25) is 10.0 Å². The Bertz CT molecular complexity index is 930. The molecule has 1 aromatic heterocycles. The molecule has 0 unspecified atom stereocenters. The smallest absolute Gasteiger partial charge is 0.264 e. The van der Waals surface area contributed by atoms with Gasteiger partial charge in [-0.15, -0.1) is 11.3 Å². The summed E-state index contributed by atoms with van der Waals surface area (Å²) in [5.41, 5.74) is 1.66. The highest BCUT2D eigenvalue weighted by Crippen LogP contribution is 2.28. The lowest BCUT2D eigenvalue weighted by Gasteiger charge is -2.07. The molecule has 0 atom stereocenters. The predicted octanol–water partition coefficient (Wildman–Crippen LogP) is 5.14. The van der Waals surface area contributed by atoms with Crippen LogP contribution >= 0.6 is 34.5 Å². The minimum atomic E-state index is -0.331. The number of anilines is 1.